The molecule has 1 amide bonds. The van der Waals surface area contributed by atoms with Crippen molar-refractivity contribution in [2.75, 3.05) is 36.0 Å². The lowest BCUT2D eigenvalue weighted by molar-refractivity contribution is 0.0921. The number of carbonyl (C=O) groups excluding carboxylic acids is 1. The van der Waals surface area contributed by atoms with Crippen LogP contribution >= 0.6 is 0 Å². The van der Waals surface area contributed by atoms with E-state index in [0.29, 0.717) is 12.3 Å². The lowest BCUT2D eigenvalue weighted by atomic mass is 10.2. The highest BCUT2D eigenvalue weighted by atomic mass is 16.4. The second-order valence-electron chi connectivity index (χ2n) is 8.43. The molecule has 0 saturated carbocycles. The first-order valence-corrected chi connectivity index (χ1v) is 11.7. The third-order valence-electron chi connectivity index (χ3n) is 6.06. The minimum Gasteiger partial charge on any atom is -0.454 e. The number of piperazine rings is 1. The summed E-state index contributed by atoms with van der Waals surface area (Å²) < 4.78 is 7.09. The van der Waals surface area contributed by atoms with Crippen LogP contribution in [-0.4, -0.2) is 41.9 Å². The van der Waals surface area contributed by atoms with Gasteiger partial charge in [-0.15, -0.1) is 0 Å². The van der Waals surface area contributed by atoms with Gasteiger partial charge in [0, 0.05) is 44.5 Å². The van der Waals surface area contributed by atoms with Crippen LogP contribution in [0.4, 0.5) is 11.5 Å². The van der Waals surface area contributed by atoms with Gasteiger partial charge in [-0.3, -0.25) is 9.59 Å². The van der Waals surface area contributed by atoms with Crippen molar-refractivity contribution in [1.82, 2.24) is 15.1 Å². The Hall–Kier alpha value is -4.33. The zero-order valence-electron chi connectivity index (χ0n) is 19.3. The van der Waals surface area contributed by atoms with E-state index in [1.807, 2.05) is 48.5 Å². The van der Waals surface area contributed by atoms with Crippen molar-refractivity contribution >= 4 is 17.4 Å². The lowest BCUT2D eigenvalue weighted by Gasteiger charge is -2.36. The summed E-state index contributed by atoms with van der Waals surface area (Å²) in [6.07, 6.45) is 0. The molecule has 2 aromatic carbocycles. The Balaban J connectivity index is 1.21. The van der Waals surface area contributed by atoms with Gasteiger partial charge in [0.15, 0.2) is 5.76 Å². The van der Waals surface area contributed by atoms with E-state index < -0.39 is 0 Å². The summed E-state index contributed by atoms with van der Waals surface area (Å²) in [4.78, 5) is 29.4. The third-order valence-corrected chi connectivity index (χ3v) is 6.06. The molecule has 3 heterocycles. The van der Waals surface area contributed by atoms with E-state index >= 15 is 0 Å². The summed E-state index contributed by atoms with van der Waals surface area (Å²) in [5, 5.41) is 7.41. The van der Waals surface area contributed by atoms with Crippen molar-refractivity contribution in [1.29, 1.82) is 0 Å². The number of nitrogens with zero attached hydrogens (tertiary/aromatic N) is 4. The maximum absolute atomic E-state index is 12.4. The van der Waals surface area contributed by atoms with Gasteiger partial charge in [0.1, 0.15) is 18.1 Å². The molecule has 0 aliphatic carbocycles. The van der Waals surface area contributed by atoms with Gasteiger partial charge in [-0.05, 0) is 35.9 Å². The average molecular weight is 470 g/mol. The van der Waals surface area contributed by atoms with E-state index in [9.17, 15) is 9.59 Å². The monoisotopic (exact) mass is 469 g/mol. The van der Waals surface area contributed by atoms with Crippen LogP contribution in [0.3, 0.4) is 0 Å². The lowest BCUT2D eigenvalue weighted by Crippen LogP contribution is -2.47. The second kappa shape index (κ2) is 10.3. The third kappa shape index (κ3) is 5.43. The predicted molar refractivity (Wildman–Crippen MR) is 135 cm³/mol. The molecule has 4 aromatic rings. The van der Waals surface area contributed by atoms with Crippen molar-refractivity contribution in [3.05, 3.63) is 112 Å². The summed E-state index contributed by atoms with van der Waals surface area (Å²) in [5.74, 6) is 1.16. The van der Waals surface area contributed by atoms with Gasteiger partial charge in [-0.2, -0.15) is 5.10 Å². The zero-order chi connectivity index (χ0) is 24.0. The molecule has 35 heavy (non-hydrogen) atoms. The molecule has 5 rings (SSSR count). The molecular formula is C27H27N5O3. The van der Waals surface area contributed by atoms with Crippen molar-refractivity contribution < 1.29 is 9.21 Å². The van der Waals surface area contributed by atoms with Gasteiger partial charge in [0.2, 0.25) is 0 Å². The fraction of sp³-hybridized carbons (Fsp3) is 0.222. The minimum absolute atomic E-state index is 0.155. The molecular weight excluding hydrogens is 442 g/mol. The summed E-state index contributed by atoms with van der Waals surface area (Å²) in [6, 6.07) is 26.6. The Kier molecular flexibility index (Phi) is 6.61. The van der Waals surface area contributed by atoms with Crippen molar-refractivity contribution in [3.8, 4) is 0 Å². The number of hydrogen-bond donors (Lipinski definition) is 1. The summed E-state index contributed by atoms with van der Waals surface area (Å²) >= 11 is 0. The molecule has 0 spiro atoms. The molecule has 1 N–H and O–H groups in total. The van der Waals surface area contributed by atoms with Gasteiger partial charge in [-0.1, -0.05) is 48.5 Å². The van der Waals surface area contributed by atoms with Gasteiger partial charge in [0.05, 0.1) is 0 Å². The molecule has 0 unspecified atom stereocenters. The maximum Gasteiger partial charge on any atom is 0.287 e. The zero-order valence-corrected chi connectivity index (χ0v) is 19.3. The Morgan fingerprint density at radius 1 is 0.829 bits per heavy atom. The molecule has 2 aromatic heterocycles. The minimum atomic E-state index is -0.301. The molecule has 8 nitrogen and oxygen atoms in total. The number of amides is 1. The average Bonchev–Trinajstić information content (AvgIpc) is 3.38. The fourth-order valence-electron chi connectivity index (χ4n) is 4.15. The van der Waals surface area contributed by atoms with E-state index in [4.69, 9.17) is 4.42 Å². The van der Waals surface area contributed by atoms with E-state index in [2.05, 4.69) is 32.3 Å². The van der Waals surface area contributed by atoms with E-state index in [1.165, 1.54) is 16.4 Å². The quantitative estimate of drug-likeness (QED) is 0.448. The number of furan rings is 1. The second-order valence-corrected chi connectivity index (χ2v) is 8.43. The highest BCUT2D eigenvalue weighted by Crippen LogP contribution is 2.18. The molecule has 8 heteroatoms. The smallest absolute Gasteiger partial charge is 0.287 e. The van der Waals surface area contributed by atoms with Crippen molar-refractivity contribution in [3.63, 3.8) is 0 Å². The number of carbonyl (C=O) groups is 1. The number of benzene rings is 2. The number of aromatic nitrogens is 2. The molecule has 1 aliphatic rings. The maximum atomic E-state index is 12.4. The predicted octanol–water partition coefficient (Wildman–Crippen LogP) is 3.14. The molecule has 0 bridgehead atoms. The van der Waals surface area contributed by atoms with E-state index in [1.54, 1.807) is 18.2 Å². The molecule has 1 fully saturated rings. The van der Waals surface area contributed by atoms with Gasteiger partial charge >= 0.3 is 0 Å². The number of nitrogens with one attached hydrogen (secondary N) is 1. The van der Waals surface area contributed by atoms with E-state index in [-0.39, 0.29) is 23.8 Å². The fourth-order valence-corrected chi connectivity index (χ4v) is 4.15. The molecule has 0 radical (unpaired) electrons. The number of rotatable bonds is 7. The first-order valence-electron chi connectivity index (χ1n) is 11.7. The summed E-state index contributed by atoms with van der Waals surface area (Å²) in [6.45, 7) is 3.95. The largest absolute Gasteiger partial charge is 0.454 e. The Bertz CT molecular complexity index is 1330. The van der Waals surface area contributed by atoms with Gasteiger partial charge < -0.3 is 19.5 Å². The van der Waals surface area contributed by atoms with Crippen LogP contribution in [0.15, 0.2) is 94.1 Å². The summed E-state index contributed by atoms with van der Waals surface area (Å²) in [5.41, 5.74) is 2.00. The Morgan fingerprint density at radius 2 is 1.51 bits per heavy atom. The molecule has 0 atom stereocenters. The normalized spacial score (nSPS) is 13.6. The highest BCUT2D eigenvalue weighted by molar-refractivity contribution is 5.91. The van der Waals surface area contributed by atoms with Crippen LogP contribution in [-0.2, 0) is 13.1 Å². The number of anilines is 2. The molecule has 178 valence electrons. The van der Waals surface area contributed by atoms with Gasteiger partial charge in [0.25, 0.3) is 11.5 Å². The van der Waals surface area contributed by atoms with Crippen LogP contribution in [0.5, 0.6) is 0 Å². The van der Waals surface area contributed by atoms with Crippen LogP contribution in [0.25, 0.3) is 0 Å². The van der Waals surface area contributed by atoms with Crippen LogP contribution in [0, 0.1) is 0 Å². The highest BCUT2D eigenvalue weighted by Gasteiger charge is 2.19. The van der Waals surface area contributed by atoms with Crippen LogP contribution in [0.1, 0.15) is 21.9 Å². The van der Waals surface area contributed by atoms with Crippen LogP contribution in [0.2, 0.25) is 0 Å². The van der Waals surface area contributed by atoms with Crippen LogP contribution < -0.4 is 20.7 Å². The van der Waals surface area contributed by atoms with Gasteiger partial charge in [-0.25, -0.2) is 4.68 Å². The first kappa shape index (κ1) is 22.5. The topological polar surface area (TPSA) is 83.6 Å². The Morgan fingerprint density at radius 3 is 2.26 bits per heavy atom. The first-order chi connectivity index (χ1) is 17.2. The molecule has 1 saturated heterocycles. The van der Waals surface area contributed by atoms with Crippen molar-refractivity contribution in [2.45, 2.75) is 13.1 Å². The Labute approximate surface area is 203 Å². The number of para-hydroxylation sites is 1. The number of hydrogen-bond acceptors (Lipinski definition) is 6. The summed E-state index contributed by atoms with van der Waals surface area (Å²) in [7, 11) is 0. The van der Waals surface area contributed by atoms with E-state index in [0.717, 1.165) is 37.6 Å². The standard InChI is InChI=1S/C27H27N5O3/c33-26-14-13-25(31-17-15-30(16-18-31)22-9-5-2-6-10-22)29-32(26)20-23-11-12-24(35-23)27(34)28-19-21-7-3-1-4-8-21/h1-14H,15-20H2,(H,28,34). The SMILES string of the molecule is O=C(NCc1ccccc1)c1ccc(Cn2nc(N3CCN(c4ccccc4)CC3)ccc2=O)o1. The van der Waals surface area contributed by atoms with Crippen molar-refractivity contribution in [2.24, 2.45) is 0 Å². The molecule has 1 aliphatic heterocycles.